The minimum atomic E-state index is -1.08. The summed E-state index contributed by atoms with van der Waals surface area (Å²) in [4.78, 5) is 25.3. The SMILES string of the molecule is CCOc1ccc(C2=C(O)C(=O)N(c3ccc(F)cc3F)C2=O)cc1. The van der Waals surface area contributed by atoms with E-state index in [1.807, 2.05) is 6.92 Å². The van der Waals surface area contributed by atoms with Crippen molar-refractivity contribution in [3.8, 4) is 5.75 Å². The van der Waals surface area contributed by atoms with Crippen LogP contribution in [0, 0.1) is 11.6 Å². The summed E-state index contributed by atoms with van der Waals surface area (Å²) in [5.41, 5.74) is -0.398. The Hall–Kier alpha value is -3.22. The fourth-order valence-electron chi connectivity index (χ4n) is 2.54. The highest BCUT2D eigenvalue weighted by atomic mass is 19.1. The van der Waals surface area contributed by atoms with E-state index >= 15 is 0 Å². The lowest BCUT2D eigenvalue weighted by molar-refractivity contribution is -0.121. The van der Waals surface area contributed by atoms with Crippen LogP contribution < -0.4 is 9.64 Å². The Morgan fingerprint density at radius 3 is 2.32 bits per heavy atom. The van der Waals surface area contributed by atoms with E-state index in [1.54, 1.807) is 12.1 Å². The quantitative estimate of drug-likeness (QED) is 0.864. The maximum atomic E-state index is 13.9. The predicted octanol–water partition coefficient (Wildman–Crippen LogP) is 3.21. The van der Waals surface area contributed by atoms with Gasteiger partial charge >= 0.3 is 5.91 Å². The number of aliphatic hydroxyl groups is 1. The molecule has 2 aromatic rings. The molecule has 0 spiro atoms. The van der Waals surface area contributed by atoms with Gasteiger partial charge in [-0.25, -0.2) is 13.7 Å². The number of nitrogens with zero attached hydrogens (tertiary/aromatic N) is 1. The predicted molar refractivity (Wildman–Crippen MR) is 86.0 cm³/mol. The zero-order chi connectivity index (χ0) is 18.1. The largest absolute Gasteiger partial charge is 0.502 e. The second kappa shape index (κ2) is 6.35. The van der Waals surface area contributed by atoms with Crippen LogP contribution in [0.2, 0.25) is 0 Å². The van der Waals surface area contributed by atoms with Crippen molar-refractivity contribution < 1.29 is 28.2 Å². The van der Waals surface area contributed by atoms with Crippen molar-refractivity contribution in [3.63, 3.8) is 0 Å². The summed E-state index contributed by atoms with van der Waals surface area (Å²) in [6, 6.07) is 8.62. The number of benzene rings is 2. The van der Waals surface area contributed by atoms with Crippen LogP contribution in [0.3, 0.4) is 0 Å². The minimum Gasteiger partial charge on any atom is -0.502 e. The van der Waals surface area contributed by atoms with Crippen LogP contribution in [0.1, 0.15) is 12.5 Å². The van der Waals surface area contributed by atoms with Crippen molar-refractivity contribution >= 4 is 23.1 Å². The first-order chi connectivity index (χ1) is 11.9. The molecule has 128 valence electrons. The average molecular weight is 345 g/mol. The molecule has 1 N–H and O–H groups in total. The van der Waals surface area contributed by atoms with Crippen LogP contribution in [0.15, 0.2) is 48.2 Å². The number of halogens is 2. The summed E-state index contributed by atoms with van der Waals surface area (Å²) in [6.07, 6.45) is 0. The van der Waals surface area contributed by atoms with Crippen molar-refractivity contribution in [3.05, 3.63) is 65.4 Å². The third-order valence-electron chi connectivity index (χ3n) is 3.66. The van der Waals surface area contributed by atoms with Gasteiger partial charge in [-0.3, -0.25) is 9.59 Å². The van der Waals surface area contributed by atoms with E-state index in [1.165, 1.54) is 12.1 Å². The highest BCUT2D eigenvalue weighted by Crippen LogP contribution is 2.33. The lowest BCUT2D eigenvalue weighted by atomic mass is 10.1. The fourth-order valence-corrected chi connectivity index (χ4v) is 2.54. The Labute approximate surface area is 141 Å². The van der Waals surface area contributed by atoms with E-state index in [2.05, 4.69) is 0 Å². The molecule has 0 bridgehead atoms. The summed E-state index contributed by atoms with van der Waals surface area (Å²) >= 11 is 0. The second-order valence-corrected chi connectivity index (χ2v) is 5.22. The summed E-state index contributed by atoms with van der Waals surface area (Å²) in [5.74, 6) is -4.12. The van der Waals surface area contributed by atoms with Gasteiger partial charge in [-0.1, -0.05) is 12.1 Å². The van der Waals surface area contributed by atoms with E-state index < -0.39 is 34.9 Å². The number of carbonyl (C=O) groups is 2. The Kier molecular flexibility index (Phi) is 4.22. The van der Waals surface area contributed by atoms with E-state index in [0.717, 1.165) is 12.1 Å². The first-order valence-electron chi connectivity index (χ1n) is 7.44. The van der Waals surface area contributed by atoms with E-state index in [-0.39, 0.29) is 11.1 Å². The highest BCUT2D eigenvalue weighted by molar-refractivity contribution is 6.44. The zero-order valence-corrected chi connectivity index (χ0v) is 13.1. The molecule has 0 radical (unpaired) electrons. The topological polar surface area (TPSA) is 66.8 Å². The standard InChI is InChI=1S/C18H13F2NO4/c1-2-25-12-6-3-10(4-7-12)15-16(22)18(24)21(17(15)23)14-8-5-11(19)9-13(14)20/h3-9,22H,2H2,1H3. The molecule has 0 fully saturated rings. The minimum absolute atomic E-state index is 0.253. The number of hydrogen-bond donors (Lipinski definition) is 1. The van der Waals surface area contributed by atoms with Gasteiger partial charge in [-0.2, -0.15) is 0 Å². The average Bonchev–Trinajstić information content (AvgIpc) is 2.79. The molecule has 5 nitrogen and oxygen atoms in total. The van der Waals surface area contributed by atoms with E-state index in [9.17, 15) is 23.5 Å². The molecule has 1 aliphatic rings. The number of ether oxygens (including phenoxy) is 1. The summed E-state index contributed by atoms with van der Waals surface area (Å²) < 4.78 is 32.3. The molecule has 0 aliphatic carbocycles. The molecule has 2 aromatic carbocycles. The lowest BCUT2D eigenvalue weighted by Gasteiger charge is -2.15. The summed E-state index contributed by atoms with van der Waals surface area (Å²) in [7, 11) is 0. The number of carbonyl (C=O) groups excluding carboxylic acids is 2. The van der Waals surface area contributed by atoms with Crippen LogP contribution >= 0.6 is 0 Å². The third kappa shape index (κ3) is 2.84. The van der Waals surface area contributed by atoms with Crippen LogP contribution in [0.25, 0.3) is 5.57 Å². The van der Waals surface area contributed by atoms with Crippen LogP contribution in [-0.4, -0.2) is 23.5 Å². The van der Waals surface area contributed by atoms with Gasteiger partial charge in [0.05, 0.1) is 17.9 Å². The molecule has 0 atom stereocenters. The third-order valence-corrected chi connectivity index (χ3v) is 3.66. The van der Waals surface area contributed by atoms with Gasteiger partial charge in [0, 0.05) is 6.07 Å². The van der Waals surface area contributed by atoms with Crippen molar-refractivity contribution in [2.75, 3.05) is 11.5 Å². The van der Waals surface area contributed by atoms with E-state index in [4.69, 9.17) is 4.74 Å². The molecule has 2 amide bonds. The van der Waals surface area contributed by atoms with Crippen molar-refractivity contribution in [2.24, 2.45) is 0 Å². The van der Waals surface area contributed by atoms with Crippen molar-refractivity contribution in [1.82, 2.24) is 0 Å². The second-order valence-electron chi connectivity index (χ2n) is 5.22. The van der Waals surface area contributed by atoms with Crippen molar-refractivity contribution in [2.45, 2.75) is 6.92 Å². The normalized spacial score (nSPS) is 14.4. The molecule has 0 unspecified atom stereocenters. The van der Waals surface area contributed by atoms with Crippen LogP contribution in [-0.2, 0) is 9.59 Å². The monoisotopic (exact) mass is 345 g/mol. The number of imide groups is 1. The number of aliphatic hydroxyl groups excluding tert-OH is 1. The van der Waals surface area contributed by atoms with Gasteiger partial charge in [0.1, 0.15) is 17.4 Å². The molecular formula is C18H13F2NO4. The Bertz CT molecular complexity index is 890. The molecule has 3 rings (SSSR count). The molecule has 0 saturated carbocycles. The van der Waals surface area contributed by atoms with E-state index in [0.29, 0.717) is 23.3 Å². The Balaban J connectivity index is 1.99. The molecule has 25 heavy (non-hydrogen) atoms. The zero-order valence-electron chi connectivity index (χ0n) is 13.1. The van der Waals surface area contributed by atoms with Gasteiger partial charge in [0.15, 0.2) is 5.76 Å². The molecule has 0 saturated heterocycles. The van der Waals surface area contributed by atoms with Crippen LogP contribution in [0.5, 0.6) is 5.75 Å². The van der Waals surface area contributed by atoms with Gasteiger partial charge < -0.3 is 9.84 Å². The van der Waals surface area contributed by atoms with Gasteiger partial charge in [-0.15, -0.1) is 0 Å². The van der Waals surface area contributed by atoms with Gasteiger partial charge in [-0.05, 0) is 36.8 Å². The number of hydrogen-bond acceptors (Lipinski definition) is 4. The first kappa shape index (κ1) is 16.6. The number of amides is 2. The molecule has 1 heterocycles. The highest BCUT2D eigenvalue weighted by Gasteiger charge is 2.41. The Morgan fingerprint density at radius 2 is 1.72 bits per heavy atom. The van der Waals surface area contributed by atoms with Gasteiger partial charge in [0.25, 0.3) is 5.91 Å². The number of rotatable bonds is 4. The first-order valence-corrected chi connectivity index (χ1v) is 7.44. The maximum absolute atomic E-state index is 13.9. The van der Waals surface area contributed by atoms with Crippen molar-refractivity contribution in [1.29, 1.82) is 0 Å². The summed E-state index contributed by atoms with van der Waals surface area (Å²) in [6.45, 7) is 2.28. The lowest BCUT2D eigenvalue weighted by Crippen LogP contribution is -2.32. The Morgan fingerprint density at radius 1 is 1.04 bits per heavy atom. The number of anilines is 1. The summed E-state index contributed by atoms with van der Waals surface area (Å²) in [5, 5.41) is 10.1. The molecular weight excluding hydrogens is 332 g/mol. The fraction of sp³-hybridized carbons (Fsp3) is 0.111. The maximum Gasteiger partial charge on any atom is 0.301 e. The molecule has 7 heteroatoms. The molecule has 1 aliphatic heterocycles. The smallest absolute Gasteiger partial charge is 0.301 e. The van der Waals surface area contributed by atoms with Gasteiger partial charge in [0.2, 0.25) is 0 Å². The van der Waals surface area contributed by atoms with Crippen LogP contribution in [0.4, 0.5) is 14.5 Å². The molecule has 0 aromatic heterocycles.